The van der Waals surface area contributed by atoms with Gasteiger partial charge in [0.05, 0.1) is 12.5 Å². The molecule has 0 amide bonds. The molecule has 0 radical (unpaired) electrons. The van der Waals surface area contributed by atoms with Gasteiger partial charge in [0.25, 0.3) is 0 Å². The van der Waals surface area contributed by atoms with E-state index in [9.17, 15) is 4.79 Å². The van der Waals surface area contributed by atoms with E-state index in [1.807, 2.05) is 24.3 Å². The predicted molar refractivity (Wildman–Crippen MR) is 60.9 cm³/mol. The van der Waals surface area contributed by atoms with Crippen molar-refractivity contribution in [1.82, 2.24) is 5.32 Å². The van der Waals surface area contributed by atoms with Crippen molar-refractivity contribution in [2.45, 2.75) is 20.1 Å². The molecule has 4 nitrogen and oxygen atoms in total. The van der Waals surface area contributed by atoms with E-state index in [0.717, 1.165) is 11.1 Å². The van der Waals surface area contributed by atoms with E-state index >= 15 is 0 Å². The summed E-state index contributed by atoms with van der Waals surface area (Å²) < 4.78 is 0. The van der Waals surface area contributed by atoms with E-state index in [-0.39, 0.29) is 12.5 Å². The summed E-state index contributed by atoms with van der Waals surface area (Å²) in [7, 11) is 0. The molecule has 1 rings (SSSR count). The summed E-state index contributed by atoms with van der Waals surface area (Å²) in [6, 6.07) is 7.57. The summed E-state index contributed by atoms with van der Waals surface area (Å²) in [5.41, 5.74) is 1.91. The average Bonchev–Trinajstić information content (AvgIpc) is 2.29. The van der Waals surface area contributed by atoms with Crippen molar-refractivity contribution in [3.63, 3.8) is 0 Å². The average molecular weight is 223 g/mol. The molecule has 0 spiro atoms. The molecular formula is C12H17NO3. The smallest absolute Gasteiger partial charge is 0.307 e. The quantitative estimate of drug-likeness (QED) is 0.672. The zero-order valence-corrected chi connectivity index (χ0v) is 9.31. The third-order valence-electron chi connectivity index (χ3n) is 2.38. The van der Waals surface area contributed by atoms with Crippen molar-refractivity contribution in [2.75, 3.05) is 6.54 Å². The van der Waals surface area contributed by atoms with E-state index in [0.29, 0.717) is 13.1 Å². The van der Waals surface area contributed by atoms with Gasteiger partial charge in [-0.15, -0.1) is 0 Å². The number of aliphatic carboxylic acids is 1. The highest BCUT2D eigenvalue weighted by Gasteiger charge is 2.09. The Morgan fingerprint density at radius 3 is 2.75 bits per heavy atom. The van der Waals surface area contributed by atoms with Gasteiger partial charge in [-0.25, -0.2) is 0 Å². The number of aliphatic hydroxyl groups excluding tert-OH is 1. The van der Waals surface area contributed by atoms with E-state index in [4.69, 9.17) is 10.2 Å². The fourth-order valence-corrected chi connectivity index (χ4v) is 1.36. The van der Waals surface area contributed by atoms with E-state index < -0.39 is 5.97 Å². The van der Waals surface area contributed by atoms with Crippen molar-refractivity contribution in [1.29, 1.82) is 0 Å². The minimum Gasteiger partial charge on any atom is -0.481 e. The lowest BCUT2D eigenvalue weighted by Gasteiger charge is -2.08. The first kappa shape index (κ1) is 12.7. The number of rotatable bonds is 6. The van der Waals surface area contributed by atoms with E-state index in [2.05, 4.69) is 5.32 Å². The molecule has 0 aliphatic rings. The number of aliphatic hydroxyl groups is 1. The van der Waals surface area contributed by atoms with Crippen LogP contribution in [-0.4, -0.2) is 22.7 Å². The van der Waals surface area contributed by atoms with Crippen LogP contribution in [0.25, 0.3) is 0 Å². The van der Waals surface area contributed by atoms with Crippen molar-refractivity contribution in [2.24, 2.45) is 5.92 Å². The lowest BCUT2D eigenvalue weighted by Crippen LogP contribution is -2.25. The molecule has 0 aliphatic carbocycles. The Morgan fingerprint density at radius 1 is 1.44 bits per heavy atom. The van der Waals surface area contributed by atoms with Crippen molar-refractivity contribution in [3.8, 4) is 0 Å². The number of nitrogens with one attached hydrogen (secondary N) is 1. The van der Waals surface area contributed by atoms with Crippen LogP contribution in [0, 0.1) is 5.92 Å². The summed E-state index contributed by atoms with van der Waals surface area (Å²) >= 11 is 0. The van der Waals surface area contributed by atoms with Crippen molar-refractivity contribution >= 4 is 5.97 Å². The second-order valence-corrected chi connectivity index (χ2v) is 3.85. The molecule has 1 aromatic rings. The van der Waals surface area contributed by atoms with Crippen LogP contribution in [0.15, 0.2) is 24.3 Å². The fourth-order valence-electron chi connectivity index (χ4n) is 1.36. The van der Waals surface area contributed by atoms with Gasteiger partial charge >= 0.3 is 5.97 Å². The molecule has 0 aromatic heterocycles. The second kappa shape index (κ2) is 6.25. The minimum absolute atomic E-state index is 0.0272. The maximum Gasteiger partial charge on any atom is 0.307 e. The molecule has 0 saturated carbocycles. The molecule has 4 heteroatoms. The maximum absolute atomic E-state index is 10.6. The van der Waals surface area contributed by atoms with E-state index in [1.165, 1.54) is 0 Å². The summed E-state index contributed by atoms with van der Waals surface area (Å²) in [6.07, 6.45) is 0. The first-order valence-electron chi connectivity index (χ1n) is 5.25. The summed E-state index contributed by atoms with van der Waals surface area (Å²) in [5.74, 6) is -1.18. The van der Waals surface area contributed by atoms with Crippen LogP contribution >= 0.6 is 0 Å². The van der Waals surface area contributed by atoms with Crippen LogP contribution in [-0.2, 0) is 17.9 Å². The van der Waals surface area contributed by atoms with Gasteiger partial charge in [0.2, 0.25) is 0 Å². The number of carbonyl (C=O) groups is 1. The highest BCUT2D eigenvalue weighted by Crippen LogP contribution is 2.05. The maximum atomic E-state index is 10.6. The third-order valence-corrected chi connectivity index (χ3v) is 2.38. The monoisotopic (exact) mass is 223 g/mol. The molecule has 16 heavy (non-hydrogen) atoms. The molecular weight excluding hydrogens is 206 g/mol. The first-order chi connectivity index (χ1) is 7.63. The number of carboxylic acid groups (broad SMARTS) is 1. The van der Waals surface area contributed by atoms with Crippen LogP contribution in [0.3, 0.4) is 0 Å². The Labute approximate surface area is 94.9 Å². The number of benzene rings is 1. The van der Waals surface area contributed by atoms with Gasteiger partial charge in [-0.1, -0.05) is 31.2 Å². The first-order valence-corrected chi connectivity index (χ1v) is 5.25. The summed E-state index contributed by atoms with van der Waals surface area (Å²) in [5, 5.41) is 20.7. The van der Waals surface area contributed by atoms with Crippen LogP contribution in [0.2, 0.25) is 0 Å². The number of hydrogen-bond donors (Lipinski definition) is 3. The Kier molecular flexibility index (Phi) is 4.95. The molecule has 1 aromatic carbocycles. The number of hydrogen-bond acceptors (Lipinski definition) is 3. The van der Waals surface area contributed by atoms with E-state index in [1.54, 1.807) is 6.92 Å². The molecule has 1 unspecified atom stereocenters. The van der Waals surface area contributed by atoms with Gasteiger partial charge in [-0.2, -0.15) is 0 Å². The van der Waals surface area contributed by atoms with Gasteiger partial charge in [-0.05, 0) is 11.1 Å². The topological polar surface area (TPSA) is 69.6 Å². The zero-order valence-electron chi connectivity index (χ0n) is 9.31. The van der Waals surface area contributed by atoms with Crippen LogP contribution < -0.4 is 5.32 Å². The van der Waals surface area contributed by atoms with Crippen LogP contribution in [0.1, 0.15) is 18.1 Å². The molecule has 3 N–H and O–H groups in total. The van der Waals surface area contributed by atoms with Gasteiger partial charge in [0.15, 0.2) is 0 Å². The molecule has 0 heterocycles. The zero-order chi connectivity index (χ0) is 12.0. The Morgan fingerprint density at radius 2 is 2.12 bits per heavy atom. The molecule has 0 bridgehead atoms. The van der Waals surface area contributed by atoms with Crippen molar-refractivity contribution in [3.05, 3.63) is 35.4 Å². The third kappa shape index (κ3) is 4.00. The highest BCUT2D eigenvalue weighted by atomic mass is 16.4. The van der Waals surface area contributed by atoms with Crippen LogP contribution in [0.4, 0.5) is 0 Å². The van der Waals surface area contributed by atoms with Gasteiger partial charge in [0.1, 0.15) is 0 Å². The number of carboxylic acids is 1. The molecule has 0 fully saturated rings. The normalized spacial score (nSPS) is 12.4. The molecule has 0 aliphatic heterocycles. The molecule has 88 valence electrons. The molecule has 1 atom stereocenters. The standard InChI is InChI=1S/C12H17NO3/c1-9(12(15)16)6-13-7-10-3-2-4-11(5-10)8-14/h2-5,9,13-14H,6-8H2,1H3,(H,15,16). The summed E-state index contributed by atoms with van der Waals surface area (Å²) in [6.45, 7) is 2.75. The SMILES string of the molecule is CC(CNCc1cccc(CO)c1)C(=O)O. The predicted octanol–water partition coefficient (Wildman–Crippen LogP) is 0.989. The van der Waals surface area contributed by atoms with Crippen molar-refractivity contribution < 1.29 is 15.0 Å². The Balaban J connectivity index is 2.39. The van der Waals surface area contributed by atoms with Gasteiger partial charge < -0.3 is 15.5 Å². The summed E-state index contributed by atoms with van der Waals surface area (Å²) in [4.78, 5) is 10.6. The minimum atomic E-state index is -0.795. The highest BCUT2D eigenvalue weighted by molar-refractivity contribution is 5.69. The lowest BCUT2D eigenvalue weighted by atomic mass is 10.1. The Bertz CT molecular complexity index is 352. The lowest BCUT2D eigenvalue weighted by molar-refractivity contribution is -0.140. The second-order valence-electron chi connectivity index (χ2n) is 3.85. The fraction of sp³-hybridized carbons (Fsp3) is 0.417. The van der Waals surface area contributed by atoms with Gasteiger partial charge in [-0.3, -0.25) is 4.79 Å². The largest absolute Gasteiger partial charge is 0.481 e. The van der Waals surface area contributed by atoms with Crippen LogP contribution in [0.5, 0.6) is 0 Å². The Hall–Kier alpha value is -1.39. The van der Waals surface area contributed by atoms with Gasteiger partial charge in [0, 0.05) is 13.1 Å². The molecule has 0 saturated heterocycles.